The summed E-state index contributed by atoms with van der Waals surface area (Å²) >= 11 is 0. The van der Waals surface area contributed by atoms with Gasteiger partial charge in [-0.25, -0.2) is 9.78 Å². The molecule has 1 aliphatic heterocycles. The van der Waals surface area contributed by atoms with Crippen molar-refractivity contribution >= 4 is 17.0 Å². The first-order valence-electron chi connectivity index (χ1n) is 9.42. The first-order valence-corrected chi connectivity index (χ1v) is 9.42. The number of benzene rings is 2. The van der Waals surface area contributed by atoms with E-state index in [1.807, 2.05) is 6.07 Å². The Hall–Kier alpha value is -2.82. The van der Waals surface area contributed by atoms with E-state index in [2.05, 4.69) is 9.97 Å². The Labute approximate surface area is 171 Å². The normalized spacial score (nSPS) is 26.6. The summed E-state index contributed by atoms with van der Waals surface area (Å²) < 4.78 is 10.4. The lowest BCUT2D eigenvalue weighted by Gasteiger charge is -2.40. The maximum Gasteiger partial charge on any atom is 0.337 e. The van der Waals surface area contributed by atoms with Crippen molar-refractivity contribution in [3.05, 3.63) is 53.6 Å². The van der Waals surface area contributed by atoms with Crippen LogP contribution in [0.5, 0.6) is 0 Å². The molecule has 0 saturated carbocycles. The van der Waals surface area contributed by atoms with E-state index in [1.165, 1.54) is 7.11 Å². The average Bonchev–Trinajstić information content (AvgIpc) is 3.21. The van der Waals surface area contributed by atoms with E-state index >= 15 is 0 Å². The molecule has 0 bridgehead atoms. The predicted octanol–water partition coefficient (Wildman–Crippen LogP) is 0.531. The number of fused-ring (bicyclic) bond motifs is 1. The number of hydrogen-bond donors (Lipinski definition) is 5. The van der Waals surface area contributed by atoms with Crippen LogP contribution in [0.2, 0.25) is 0 Å². The number of imidazole rings is 1. The van der Waals surface area contributed by atoms with Crippen LogP contribution >= 0.6 is 0 Å². The summed E-state index contributed by atoms with van der Waals surface area (Å²) in [5.74, 6) is 0.0936. The minimum atomic E-state index is -1.45. The Morgan fingerprint density at radius 2 is 1.93 bits per heavy atom. The molecule has 30 heavy (non-hydrogen) atoms. The number of carbonyl (C=O) groups excluding carboxylic acids is 1. The van der Waals surface area contributed by atoms with Crippen LogP contribution in [0.1, 0.15) is 22.0 Å². The van der Waals surface area contributed by atoms with Gasteiger partial charge in [0.25, 0.3) is 0 Å². The number of aliphatic hydroxyl groups excluding tert-OH is 4. The molecule has 1 aliphatic rings. The van der Waals surface area contributed by atoms with Crippen molar-refractivity contribution in [3.63, 3.8) is 0 Å². The quantitative estimate of drug-likeness (QED) is 0.389. The molecule has 5 N–H and O–H groups in total. The maximum absolute atomic E-state index is 11.7. The van der Waals surface area contributed by atoms with Crippen LogP contribution in [-0.2, 0) is 9.47 Å². The molecule has 158 valence electrons. The molecule has 9 nitrogen and oxygen atoms in total. The van der Waals surface area contributed by atoms with Crippen molar-refractivity contribution in [2.24, 2.45) is 0 Å². The molecule has 1 saturated heterocycles. The first-order chi connectivity index (χ1) is 14.4. The van der Waals surface area contributed by atoms with Crippen molar-refractivity contribution < 1.29 is 34.7 Å². The first kappa shape index (κ1) is 20.5. The number of rotatable bonds is 4. The van der Waals surface area contributed by atoms with E-state index in [0.717, 1.165) is 0 Å². The van der Waals surface area contributed by atoms with Gasteiger partial charge in [0.15, 0.2) is 0 Å². The van der Waals surface area contributed by atoms with Crippen LogP contribution in [0.3, 0.4) is 0 Å². The van der Waals surface area contributed by atoms with Crippen molar-refractivity contribution in [1.82, 2.24) is 9.97 Å². The third kappa shape index (κ3) is 3.57. The minimum Gasteiger partial charge on any atom is -0.465 e. The van der Waals surface area contributed by atoms with Gasteiger partial charge in [0.05, 0.1) is 30.3 Å². The summed E-state index contributed by atoms with van der Waals surface area (Å²) in [5.41, 5.74) is 2.97. The Morgan fingerprint density at radius 3 is 2.67 bits per heavy atom. The van der Waals surface area contributed by atoms with Gasteiger partial charge in [0.1, 0.15) is 36.3 Å². The van der Waals surface area contributed by atoms with Gasteiger partial charge in [-0.3, -0.25) is 0 Å². The van der Waals surface area contributed by atoms with Gasteiger partial charge >= 0.3 is 5.97 Å². The molecular formula is C21H22N2O7. The lowest BCUT2D eigenvalue weighted by Crippen LogP contribution is -2.55. The molecule has 0 unspecified atom stereocenters. The summed E-state index contributed by atoms with van der Waals surface area (Å²) in [6.45, 7) is -0.493. The highest BCUT2D eigenvalue weighted by Gasteiger charge is 2.43. The molecule has 0 aliphatic carbocycles. The molecular weight excluding hydrogens is 392 g/mol. The number of aromatic nitrogens is 2. The highest BCUT2D eigenvalue weighted by molar-refractivity contribution is 5.94. The second-order valence-electron chi connectivity index (χ2n) is 7.18. The zero-order valence-corrected chi connectivity index (χ0v) is 16.1. The molecule has 1 aromatic heterocycles. The van der Waals surface area contributed by atoms with E-state index in [4.69, 9.17) is 9.47 Å². The van der Waals surface area contributed by atoms with Crippen LogP contribution < -0.4 is 0 Å². The average molecular weight is 414 g/mol. The third-order valence-electron chi connectivity index (χ3n) is 5.28. The standard InChI is InChI=1S/C21H22N2O7/c1-29-21(28)12-5-6-13-14(8-12)23-20(22-13)11-4-2-3-10(7-11)19-18(27)17(26)16(25)15(9-24)30-19/h2-8,15-19,24-27H,9H2,1H3,(H,22,23)/t15-,16-,17+,18-,19-/m1/s1. The summed E-state index contributed by atoms with van der Waals surface area (Å²) in [4.78, 5) is 19.4. The SMILES string of the molecule is COC(=O)c1ccc2nc(-c3cccc([C@H]4O[C@H](CO)[C@@H](O)[C@H](O)[C@H]4O)c3)[nH]c2c1. The highest BCUT2D eigenvalue weighted by atomic mass is 16.5. The predicted molar refractivity (Wildman–Crippen MR) is 106 cm³/mol. The second kappa shape index (κ2) is 8.13. The molecule has 4 rings (SSSR count). The van der Waals surface area contributed by atoms with E-state index in [-0.39, 0.29) is 0 Å². The van der Waals surface area contributed by atoms with E-state index in [9.17, 15) is 25.2 Å². The fraction of sp³-hybridized carbons (Fsp3) is 0.333. The Balaban J connectivity index is 1.67. The number of ether oxygens (including phenoxy) is 2. The fourth-order valence-corrected chi connectivity index (χ4v) is 3.63. The van der Waals surface area contributed by atoms with Gasteiger partial charge in [0, 0.05) is 5.56 Å². The van der Waals surface area contributed by atoms with E-state index in [1.54, 1.807) is 36.4 Å². The lowest BCUT2D eigenvalue weighted by molar-refractivity contribution is -0.231. The lowest BCUT2D eigenvalue weighted by atomic mass is 9.90. The number of methoxy groups -OCH3 is 1. The van der Waals surface area contributed by atoms with Crippen LogP contribution in [0.4, 0.5) is 0 Å². The van der Waals surface area contributed by atoms with Gasteiger partial charge in [-0.2, -0.15) is 0 Å². The maximum atomic E-state index is 11.7. The van der Waals surface area contributed by atoms with E-state index in [0.29, 0.717) is 33.5 Å². The smallest absolute Gasteiger partial charge is 0.337 e. The number of esters is 1. The molecule has 0 amide bonds. The van der Waals surface area contributed by atoms with Gasteiger partial charge in [-0.15, -0.1) is 0 Å². The number of H-pyrrole nitrogens is 1. The second-order valence-corrected chi connectivity index (χ2v) is 7.18. The van der Waals surface area contributed by atoms with Gasteiger partial charge in [-0.1, -0.05) is 18.2 Å². The Kier molecular flexibility index (Phi) is 5.54. The number of nitrogens with zero attached hydrogens (tertiary/aromatic N) is 1. The largest absolute Gasteiger partial charge is 0.465 e. The summed E-state index contributed by atoms with van der Waals surface area (Å²) in [6, 6.07) is 12.0. The minimum absolute atomic E-state index is 0.398. The zero-order valence-electron chi connectivity index (χ0n) is 16.1. The van der Waals surface area contributed by atoms with Crippen LogP contribution in [-0.4, -0.2) is 74.5 Å². The van der Waals surface area contributed by atoms with Crippen molar-refractivity contribution in [3.8, 4) is 11.4 Å². The van der Waals surface area contributed by atoms with Gasteiger partial charge in [-0.05, 0) is 29.8 Å². The number of aliphatic hydroxyl groups is 4. The van der Waals surface area contributed by atoms with Crippen molar-refractivity contribution in [2.75, 3.05) is 13.7 Å². The molecule has 3 aromatic rings. The molecule has 5 atom stereocenters. The molecule has 0 radical (unpaired) electrons. The number of hydrogen-bond acceptors (Lipinski definition) is 8. The summed E-state index contributed by atoms with van der Waals surface area (Å²) in [5, 5.41) is 39.8. The number of aromatic amines is 1. The van der Waals surface area contributed by atoms with Gasteiger partial charge in [0.2, 0.25) is 0 Å². The van der Waals surface area contributed by atoms with Crippen LogP contribution in [0, 0.1) is 0 Å². The third-order valence-corrected chi connectivity index (χ3v) is 5.28. The molecule has 2 heterocycles. The fourth-order valence-electron chi connectivity index (χ4n) is 3.63. The van der Waals surface area contributed by atoms with Crippen molar-refractivity contribution in [1.29, 1.82) is 0 Å². The molecule has 0 spiro atoms. The van der Waals surface area contributed by atoms with Crippen molar-refractivity contribution in [2.45, 2.75) is 30.5 Å². The van der Waals surface area contributed by atoms with Crippen LogP contribution in [0.25, 0.3) is 22.4 Å². The summed E-state index contributed by atoms with van der Waals surface area (Å²) in [6.07, 6.45) is -6.15. The molecule has 1 fully saturated rings. The molecule has 2 aromatic carbocycles. The monoisotopic (exact) mass is 414 g/mol. The van der Waals surface area contributed by atoms with Crippen LogP contribution in [0.15, 0.2) is 42.5 Å². The topological polar surface area (TPSA) is 145 Å². The number of carbonyl (C=O) groups is 1. The van der Waals surface area contributed by atoms with Gasteiger partial charge < -0.3 is 34.9 Å². The van der Waals surface area contributed by atoms with E-state index < -0.39 is 43.1 Å². The Bertz CT molecular complexity index is 1060. The zero-order chi connectivity index (χ0) is 21.4. The Morgan fingerprint density at radius 1 is 1.13 bits per heavy atom. The highest BCUT2D eigenvalue weighted by Crippen LogP contribution is 2.34. The summed E-state index contributed by atoms with van der Waals surface area (Å²) in [7, 11) is 1.31. The molecule has 9 heteroatoms. The number of nitrogens with one attached hydrogen (secondary N) is 1.